The molecular weight excluding hydrogens is 395 g/mol. The Kier molecular flexibility index (Phi) is 3.93. The minimum absolute atomic E-state index is 0.0836. The highest BCUT2D eigenvalue weighted by Crippen LogP contribution is 2.71. The van der Waals surface area contributed by atoms with Crippen molar-refractivity contribution in [3.05, 3.63) is 16.8 Å². The van der Waals surface area contributed by atoms with Crippen LogP contribution >= 0.6 is 11.6 Å². The third kappa shape index (κ3) is 2.63. The lowest BCUT2D eigenvalue weighted by Crippen LogP contribution is -2.53. The molecule has 1 aromatic heterocycles. The summed E-state index contributed by atoms with van der Waals surface area (Å²) >= 11 is 5.91. The average molecular weight is 416 g/mol. The van der Waals surface area contributed by atoms with Crippen LogP contribution in [0, 0.1) is 29.0 Å². The quantitative estimate of drug-likeness (QED) is 0.577. The first-order chi connectivity index (χ1) is 13.3. The lowest BCUT2D eigenvalue weighted by molar-refractivity contribution is -0.155. The lowest BCUT2D eigenvalue weighted by atomic mass is 9.61. The number of rotatable bonds is 5. The van der Waals surface area contributed by atoms with Gasteiger partial charge in [0, 0.05) is 12.5 Å². The highest BCUT2D eigenvalue weighted by molar-refractivity contribution is 6.28. The summed E-state index contributed by atoms with van der Waals surface area (Å²) in [5.74, 6) is -5.33. The predicted molar refractivity (Wildman–Crippen MR) is 94.7 cm³/mol. The molecule has 1 aromatic rings. The summed E-state index contributed by atoms with van der Waals surface area (Å²) in [5.41, 5.74) is -0.439. The average Bonchev–Trinajstić information content (AvgIpc) is 3.51. The molecule has 152 valence electrons. The molecule has 0 saturated heterocycles. The molecule has 0 aromatic carbocycles. The Morgan fingerprint density at radius 3 is 2.75 bits per heavy atom. The number of hydrogen-bond acceptors (Lipinski definition) is 5. The van der Waals surface area contributed by atoms with Crippen molar-refractivity contribution in [2.24, 2.45) is 23.2 Å². The van der Waals surface area contributed by atoms with Crippen molar-refractivity contribution in [1.29, 1.82) is 0 Å². The van der Waals surface area contributed by atoms with Crippen LogP contribution in [0.2, 0.25) is 5.28 Å². The molecule has 4 unspecified atom stereocenters. The number of ether oxygens (including phenoxy) is 1. The van der Waals surface area contributed by atoms with Gasteiger partial charge in [-0.2, -0.15) is 4.98 Å². The Morgan fingerprint density at radius 1 is 1.36 bits per heavy atom. The van der Waals surface area contributed by atoms with E-state index in [1.165, 1.54) is 0 Å². The summed E-state index contributed by atoms with van der Waals surface area (Å²) in [4.78, 5) is 20.3. The van der Waals surface area contributed by atoms with Gasteiger partial charge >= 0.3 is 5.97 Å². The van der Waals surface area contributed by atoms with Gasteiger partial charge in [0.2, 0.25) is 5.28 Å². The Balaban J connectivity index is 1.49. The number of anilines is 1. The van der Waals surface area contributed by atoms with Gasteiger partial charge in [-0.05, 0) is 61.5 Å². The number of nitrogens with zero attached hydrogens (tertiary/aromatic N) is 2. The molecule has 1 heterocycles. The Hall–Kier alpha value is -1.57. The van der Waals surface area contributed by atoms with Crippen molar-refractivity contribution in [2.45, 2.75) is 56.9 Å². The maximum Gasteiger partial charge on any atom is 0.311 e. The van der Waals surface area contributed by atoms with Gasteiger partial charge in [-0.15, -0.1) is 0 Å². The van der Waals surface area contributed by atoms with E-state index in [2.05, 4.69) is 15.3 Å². The molecule has 0 radical (unpaired) electrons. The first kappa shape index (κ1) is 18.5. The number of esters is 1. The van der Waals surface area contributed by atoms with Gasteiger partial charge in [0.25, 0.3) is 5.92 Å². The standard InChI is InChI=1S/C19H21ClF3N3O2/c1-2-28-16(27)11-8-3-4-18(6-9(18)5-8)14(11)25-15-12(21)13(24-17(20)26-15)10-7-19(10,22)23/h8-11,14H,2-7H2,1H3,(H,24,25,26)/t8?,9?,10?,11-,14+,18?/m0/s1. The van der Waals surface area contributed by atoms with Gasteiger partial charge in [-0.1, -0.05) is 0 Å². The van der Waals surface area contributed by atoms with E-state index in [9.17, 15) is 13.6 Å². The van der Waals surface area contributed by atoms with Crippen LogP contribution in [0.25, 0.3) is 0 Å². The first-order valence-electron chi connectivity index (χ1n) is 9.81. The fraction of sp³-hybridized carbons (Fsp3) is 0.737. The van der Waals surface area contributed by atoms with Crippen molar-refractivity contribution in [1.82, 2.24) is 9.97 Å². The molecule has 2 bridgehead atoms. The molecule has 5 saturated carbocycles. The van der Waals surface area contributed by atoms with Crippen molar-refractivity contribution in [2.75, 3.05) is 11.9 Å². The SMILES string of the molecule is CCOC(=O)[C@H]1C2CCC3(CC3C2)[C@@H]1Nc1nc(Cl)nc(C2CC2(F)F)c1F. The smallest absolute Gasteiger partial charge is 0.311 e. The molecule has 1 spiro atoms. The van der Waals surface area contributed by atoms with E-state index in [0.29, 0.717) is 5.92 Å². The van der Waals surface area contributed by atoms with Crippen LogP contribution in [0.5, 0.6) is 0 Å². The van der Waals surface area contributed by atoms with Crippen LogP contribution in [0.4, 0.5) is 19.0 Å². The van der Waals surface area contributed by atoms with Gasteiger partial charge in [0.1, 0.15) is 0 Å². The number of fused-ring (bicyclic) bond motifs is 2. The summed E-state index contributed by atoms with van der Waals surface area (Å²) in [7, 11) is 0. The van der Waals surface area contributed by atoms with Crippen molar-refractivity contribution < 1.29 is 22.7 Å². The maximum absolute atomic E-state index is 15.0. The summed E-state index contributed by atoms with van der Waals surface area (Å²) in [6.07, 6.45) is 3.42. The molecule has 28 heavy (non-hydrogen) atoms. The predicted octanol–water partition coefficient (Wildman–Crippen LogP) is 4.17. The summed E-state index contributed by atoms with van der Waals surface area (Å²) in [6, 6.07) is -0.336. The molecule has 6 rings (SSSR count). The second kappa shape index (κ2) is 5.97. The maximum atomic E-state index is 15.0. The Labute approximate surface area is 165 Å². The number of carbonyl (C=O) groups excluding carboxylic acids is 1. The molecule has 5 fully saturated rings. The highest BCUT2D eigenvalue weighted by Gasteiger charge is 2.69. The number of halogens is 4. The molecule has 0 aliphatic heterocycles. The largest absolute Gasteiger partial charge is 0.466 e. The summed E-state index contributed by atoms with van der Waals surface area (Å²) in [5, 5.41) is 2.81. The van der Waals surface area contributed by atoms with Gasteiger partial charge < -0.3 is 10.1 Å². The molecule has 9 heteroatoms. The van der Waals surface area contributed by atoms with Crippen molar-refractivity contribution in [3.8, 4) is 0 Å². The number of hydrogen-bond donors (Lipinski definition) is 1. The first-order valence-corrected chi connectivity index (χ1v) is 10.2. The van der Waals surface area contributed by atoms with Crippen LogP contribution in [0.1, 0.15) is 50.6 Å². The zero-order valence-corrected chi connectivity index (χ0v) is 16.1. The zero-order valence-electron chi connectivity index (χ0n) is 15.4. The molecule has 6 atom stereocenters. The van der Waals surface area contributed by atoms with Crippen molar-refractivity contribution in [3.63, 3.8) is 0 Å². The van der Waals surface area contributed by atoms with Crippen LogP contribution < -0.4 is 5.32 Å². The number of aromatic nitrogens is 2. The topological polar surface area (TPSA) is 64.1 Å². The second-order valence-electron chi connectivity index (χ2n) is 8.63. The Morgan fingerprint density at radius 2 is 2.11 bits per heavy atom. The second-order valence-corrected chi connectivity index (χ2v) is 8.96. The van der Waals surface area contributed by atoms with E-state index < -0.39 is 30.0 Å². The van der Waals surface area contributed by atoms with E-state index in [-0.39, 0.29) is 46.7 Å². The van der Waals surface area contributed by atoms with Gasteiger partial charge in [-0.25, -0.2) is 18.2 Å². The minimum Gasteiger partial charge on any atom is -0.466 e. The fourth-order valence-electron chi connectivity index (χ4n) is 5.67. The molecular formula is C19H21ClF3N3O2. The monoisotopic (exact) mass is 415 g/mol. The van der Waals surface area contributed by atoms with Crippen LogP contribution in [-0.2, 0) is 9.53 Å². The van der Waals surface area contributed by atoms with Gasteiger partial charge in [-0.3, -0.25) is 4.79 Å². The third-order valence-electron chi connectivity index (χ3n) is 7.19. The van der Waals surface area contributed by atoms with Crippen LogP contribution in [0.3, 0.4) is 0 Å². The number of carbonyl (C=O) groups is 1. The Bertz CT molecular complexity index is 854. The van der Waals surface area contributed by atoms with Crippen LogP contribution in [-0.4, -0.2) is 34.5 Å². The van der Waals surface area contributed by atoms with E-state index in [0.717, 1.165) is 25.7 Å². The van der Waals surface area contributed by atoms with E-state index in [1.807, 2.05) is 0 Å². The van der Waals surface area contributed by atoms with Gasteiger partial charge in [0.15, 0.2) is 11.6 Å². The fourth-order valence-corrected chi connectivity index (χ4v) is 5.85. The molecule has 5 aliphatic carbocycles. The van der Waals surface area contributed by atoms with E-state index in [4.69, 9.17) is 16.3 Å². The number of nitrogens with one attached hydrogen (secondary N) is 1. The summed E-state index contributed by atoms with van der Waals surface area (Å²) in [6.45, 7) is 2.03. The lowest BCUT2D eigenvalue weighted by Gasteiger charge is -2.48. The van der Waals surface area contributed by atoms with E-state index in [1.54, 1.807) is 6.92 Å². The normalized spacial score (nSPS) is 39.2. The number of alkyl halides is 2. The molecule has 1 N–H and O–H groups in total. The molecule has 5 nitrogen and oxygen atoms in total. The van der Waals surface area contributed by atoms with E-state index >= 15 is 4.39 Å². The van der Waals surface area contributed by atoms with Crippen LogP contribution in [0.15, 0.2) is 0 Å². The van der Waals surface area contributed by atoms with Gasteiger partial charge in [0.05, 0.1) is 24.1 Å². The minimum atomic E-state index is -2.96. The summed E-state index contributed by atoms with van der Waals surface area (Å²) < 4.78 is 47.2. The van der Waals surface area contributed by atoms with Crippen molar-refractivity contribution >= 4 is 23.4 Å². The molecule has 0 amide bonds. The zero-order chi connectivity index (χ0) is 19.8. The highest BCUT2D eigenvalue weighted by atomic mass is 35.5. The molecule has 5 aliphatic rings. The third-order valence-corrected chi connectivity index (χ3v) is 7.36.